The highest BCUT2D eigenvalue weighted by atomic mass is 16.5. The molecule has 5 rings (SSSR count). The average Bonchev–Trinajstić information content (AvgIpc) is 2.84. The Bertz CT molecular complexity index is 915. The van der Waals surface area contributed by atoms with E-state index in [1.54, 1.807) is 0 Å². The van der Waals surface area contributed by atoms with Gasteiger partial charge in [-0.15, -0.1) is 0 Å². The number of aryl methyl sites for hydroxylation is 1. The highest BCUT2D eigenvalue weighted by molar-refractivity contribution is 5.84. The molecule has 2 aromatic carbocycles. The number of nitrogens with zero attached hydrogens (tertiary/aromatic N) is 2. The number of ether oxygens (including phenoxy) is 1. The molecule has 0 bridgehead atoms. The fourth-order valence-electron chi connectivity index (χ4n) is 4.29. The molecule has 1 atom stereocenters. The summed E-state index contributed by atoms with van der Waals surface area (Å²) in [6, 6.07) is 20.0. The minimum absolute atomic E-state index is 0.420. The van der Waals surface area contributed by atoms with E-state index in [9.17, 15) is 0 Å². The molecule has 3 aromatic rings. The van der Waals surface area contributed by atoms with Gasteiger partial charge in [0.1, 0.15) is 0 Å². The Balaban J connectivity index is 1.72. The van der Waals surface area contributed by atoms with E-state index in [-0.39, 0.29) is 0 Å². The van der Waals surface area contributed by atoms with Crippen LogP contribution in [0.15, 0.2) is 54.6 Å². The molecular weight excluding hydrogens is 308 g/mol. The molecule has 3 nitrogen and oxygen atoms in total. The standard InChI is InChI=1S/C22H22N2O/c1-3-7-18-16(5-1)9-10-21(24-11-13-25-14-12-24)19-15-17-6-2-4-8-20(17)23-22(18)19/h1-8,15,21H,9-14H2. The summed E-state index contributed by atoms with van der Waals surface area (Å²) in [6.07, 6.45) is 2.24. The zero-order valence-corrected chi connectivity index (χ0v) is 14.3. The Morgan fingerprint density at radius 1 is 0.960 bits per heavy atom. The van der Waals surface area contributed by atoms with Gasteiger partial charge in [0, 0.05) is 30.1 Å². The lowest BCUT2D eigenvalue weighted by Gasteiger charge is -2.34. The van der Waals surface area contributed by atoms with Gasteiger partial charge in [0.15, 0.2) is 0 Å². The molecule has 2 heterocycles. The van der Waals surface area contributed by atoms with Crippen molar-refractivity contribution in [1.29, 1.82) is 0 Å². The van der Waals surface area contributed by atoms with Gasteiger partial charge in [-0.3, -0.25) is 4.90 Å². The van der Waals surface area contributed by atoms with Crippen molar-refractivity contribution in [2.45, 2.75) is 18.9 Å². The van der Waals surface area contributed by atoms with E-state index in [1.165, 1.54) is 27.8 Å². The first-order valence-electron chi connectivity index (χ1n) is 9.20. The summed E-state index contributed by atoms with van der Waals surface area (Å²) in [4.78, 5) is 7.69. The molecule has 0 N–H and O–H groups in total. The molecule has 126 valence electrons. The number of benzene rings is 2. The lowest BCUT2D eigenvalue weighted by molar-refractivity contribution is 0.0145. The lowest BCUT2D eigenvalue weighted by Crippen LogP contribution is -2.39. The van der Waals surface area contributed by atoms with Gasteiger partial charge in [0.25, 0.3) is 0 Å². The van der Waals surface area contributed by atoms with Gasteiger partial charge < -0.3 is 4.74 Å². The summed E-state index contributed by atoms with van der Waals surface area (Å²) in [5.41, 5.74) is 6.36. The summed E-state index contributed by atoms with van der Waals surface area (Å²) in [6.45, 7) is 3.68. The van der Waals surface area contributed by atoms with Gasteiger partial charge in [0.2, 0.25) is 0 Å². The van der Waals surface area contributed by atoms with Crippen molar-refractivity contribution < 1.29 is 4.74 Å². The van der Waals surface area contributed by atoms with E-state index >= 15 is 0 Å². The van der Waals surface area contributed by atoms with Crippen molar-refractivity contribution in [2.75, 3.05) is 26.3 Å². The van der Waals surface area contributed by atoms with Crippen LogP contribution in [0.5, 0.6) is 0 Å². The van der Waals surface area contributed by atoms with Gasteiger partial charge in [-0.2, -0.15) is 0 Å². The summed E-state index contributed by atoms with van der Waals surface area (Å²) < 4.78 is 5.58. The second-order valence-electron chi connectivity index (χ2n) is 6.98. The third-order valence-electron chi connectivity index (χ3n) is 5.56. The van der Waals surface area contributed by atoms with Crippen LogP contribution in [0.2, 0.25) is 0 Å². The summed E-state index contributed by atoms with van der Waals surface area (Å²) in [7, 11) is 0. The first-order valence-corrected chi connectivity index (χ1v) is 9.20. The van der Waals surface area contributed by atoms with E-state index in [0.717, 1.165) is 44.7 Å². The summed E-state index contributed by atoms with van der Waals surface area (Å²) in [5.74, 6) is 0. The lowest BCUT2D eigenvalue weighted by atomic mass is 9.97. The first-order chi connectivity index (χ1) is 12.4. The Morgan fingerprint density at radius 2 is 1.76 bits per heavy atom. The molecule has 0 radical (unpaired) electrons. The number of para-hydroxylation sites is 1. The number of fused-ring (bicyclic) bond motifs is 4. The third kappa shape index (κ3) is 2.64. The zero-order valence-electron chi connectivity index (χ0n) is 14.3. The van der Waals surface area contributed by atoms with Crippen molar-refractivity contribution in [3.05, 3.63) is 65.7 Å². The quantitative estimate of drug-likeness (QED) is 0.668. The van der Waals surface area contributed by atoms with Crippen LogP contribution in [-0.2, 0) is 11.2 Å². The number of hydrogen-bond acceptors (Lipinski definition) is 3. The van der Waals surface area contributed by atoms with E-state index in [1.807, 2.05) is 0 Å². The van der Waals surface area contributed by atoms with Gasteiger partial charge in [-0.25, -0.2) is 4.98 Å². The van der Waals surface area contributed by atoms with Crippen LogP contribution in [0.1, 0.15) is 23.6 Å². The van der Waals surface area contributed by atoms with E-state index in [2.05, 4.69) is 59.5 Å². The number of morpholine rings is 1. The monoisotopic (exact) mass is 330 g/mol. The molecule has 1 aromatic heterocycles. The molecular formula is C22H22N2O. The van der Waals surface area contributed by atoms with Crippen molar-refractivity contribution in [3.63, 3.8) is 0 Å². The van der Waals surface area contributed by atoms with Crippen LogP contribution >= 0.6 is 0 Å². The molecule has 1 aliphatic carbocycles. The third-order valence-corrected chi connectivity index (χ3v) is 5.56. The van der Waals surface area contributed by atoms with Gasteiger partial charge in [0.05, 0.1) is 24.4 Å². The Morgan fingerprint density at radius 3 is 2.68 bits per heavy atom. The second-order valence-corrected chi connectivity index (χ2v) is 6.98. The van der Waals surface area contributed by atoms with Crippen LogP contribution < -0.4 is 0 Å². The number of hydrogen-bond donors (Lipinski definition) is 0. The molecule has 1 saturated heterocycles. The molecule has 3 heteroatoms. The van der Waals surface area contributed by atoms with Crippen molar-refractivity contribution in [1.82, 2.24) is 9.88 Å². The van der Waals surface area contributed by atoms with Crippen LogP contribution in [-0.4, -0.2) is 36.2 Å². The Hall–Kier alpha value is -2.23. The van der Waals surface area contributed by atoms with Crippen molar-refractivity contribution >= 4 is 10.9 Å². The Kier molecular flexibility index (Phi) is 3.76. The Labute approximate surface area is 148 Å². The highest BCUT2D eigenvalue weighted by Crippen LogP contribution is 2.40. The molecule has 0 saturated carbocycles. The molecule has 0 spiro atoms. The maximum absolute atomic E-state index is 5.58. The topological polar surface area (TPSA) is 25.4 Å². The van der Waals surface area contributed by atoms with E-state index in [0.29, 0.717) is 6.04 Å². The molecule has 1 aliphatic heterocycles. The van der Waals surface area contributed by atoms with Gasteiger partial charge in [-0.1, -0.05) is 42.5 Å². The predicted octanol–water partition coefficient (Wildman–Crippen LogP) is 4.22. The molecule has 0 amide bonds. The first kappa shape index (κ1) is 15.1. The van der Waals surface area contributed by atoms with E-state index in [4.69, 9.17) is 9.72 Å². The molecule has 25 heavy (non-hydrogen) atoms. The second kappa shape index (κ2) is 6.25. The minimum atomic E-state index is 0.420. The van der Waals surface area contributed by atoms with Crippen LogP contribution in [0.3, 0.4) is 0 Å². The fraction of sp³-hybridized carbons (Fsp3) is 0.318. The van der Waals surface area contributed by atoms with Crippen LogP contribution in [0, 0.1) is 0 Å². The number of aromatic nitrogens is 1. The van der Waals surface area contributed by atoms with E-state index < -0.39 is 0 Å². The maximum Gasteiger partial charge on any atom is 0.0760 e. The molecule has 1 unspecified atom stereocenters. The fourth-order valence-corrected chi connectivity index (χ4v) is 4.29. The van der Waals surface area contributed by atoms with Gasteiger partial charge >= 0.3 is 0 Å². The summed E-state index contributed by atoms with van der Waals surface area (Å²) >= 11 is 0. The predicted molar refractivity (Wildman–Crippen MR) is 101 cm³/mol. The zero-order chi connectivity index (χ0) is 16.6. The van der Waals surface area contributed by atoms with Crippen LogP contribution in [0.25, 0.3) is 22.2 Å². The smallest absolute Gasteiger partial charge is 0.0760 e. The average molecular weight is 330 g/mol. The highest BCUT2D eigenvalue weighted by Gasteiger charge is 2.29. The number of pyridine rings is 1. The largest absolute Gasteiger partial charge is 0.379 e. The minimum Gasteiger partial charge on any atom is -0.379 e. The van der Waals surface area contributed by atoms with Gasteiger partial charge in [-0.05, 0) is 36.1 Å². The molecule has 2 aliphatic rings. The van der Waals surface area contributed by atoms with Crippen molar-refractivity contribution in [3.8, 4) is 11.3 Å². The molecule has 1 fully saturated rings. The summed E-state index contributed by atoms with van der Waals surface area (Å²) in [5, 5.41) is 1.24. The SMILES string of the molecule is c1ccc2c(c1)CCC(N1CCOCC1)c1cc3ccccc3nc1-2. The van der Waals surface area contributed by atoms with Crippen molar-refractivity contribution in [2.24, 2.45) is 0 Å². The van der Waals surface area contributed by atoms with Crippen LogP contribution in [0.4, 0.5) is 0 Å². The maximum atomic E-state index is 5.58. The number of rotatable bonds is 1. The normalized spacial score (nSPS) is 20.7.